The number of aromatic amines is 1. The predicted molar refractivity (Wildman–Crippen MR) is 64.1 cm³/mol. The van der Waals surface area contributed by atoms with Crippen LogP contribution in [0.15, 0.2) is 35.3 Å². The van der Waals surface area contributed by atoms with Crippen molar-refractivity contribution < 1.29 is 14.3 Å². The van der Waals surface area contributed by atoms with E-state index in [4.69, 9.17) is 17.3 Å². The molecule has 1 aromatic heterocycles. The van der Waals surface area contributed by atoms with Gasteiger partial charge in [-0.2, -0.15) is 0 Å². The van der Waals surface area contributed by atoms with Crippen LogP contribution in [0, 0.1) is 10.6 Å². The first kappa shape index (κ1) is 12.2. The van der Waals surface area contributed by atoms with Gasteiger partial charge >= 0.3 is 5.97 Å². The smallest absolute Gasteiger partial charge is 0.342 e. The minimum absolute atomic E-state index is 0.0385. The summed E-state index contributed by atoms with van der Waals surface area (Å²) < 4.78 is 13.8. The van der Waals surface area contributed by atoms with Crippen molar-refractivity contribution in [1.82, 2.24) is 9.55 Å². The van der Waals surface area contributed by atoms with E-state index in [9.17, 15) is 14.0 Å². The molecule has 2 aromatic rings. The molecule has 7 heteroatoms. The van der Waals surface area contributed by atoms with Crippen molar-refractivity contribution in [3.05, 3.63) is 57.0 Å². The second-order valence-corrected chi connectivity index (χ2v) is 3.82. The average molecular weight is 266 g/mol. The van der Waals surface area contributed by atoms with Crippen molar-refractivity contribution in [1.29, 1.82) is 0 Å². The van der Waals surface area contributed by atoms with Crippen molar-refractivity contribution in [3.8, 4) is 5.69 Å². The average Bonchev–Trinajstić information content (AvgIpc) is 2.31. The zero-order chi connectivity index (χ0) is 13.3. The molecule has 0 aliphatic heterocycles. The van der Waals surface area contributed by atoms with Crippen LogP contribution in [-0.4, -0.2) is 20.6 Å². The van der Waals surface area contributed by atoms with Crippen LogP contribution in [-0.2, 0) is 0 Å². The van der Waals surface area contributed by atoms with Crippen molar-refractivity contribution in [2.45, 2.75) is 0 Å². The summed E-state index contributed by atoms with van der Waals surface area (Å²) in [7, 11) is 0. The Kier molecular flexibility index (Phi) is 3.07. The van der Waals surface area contributed by atoms with Gasteiger partial charge in [-0.3, -0.25) is 9.36 Å². The molecular formula is C11H7FN2O3S. The van der Waals surface area contributed by atoms with Gasteiger partial charge in [-0.1, -0.05) is 0 Å². The fraction of sp³-hybridized carbons (Fsp3) is 0. The molecule has 92 valence electrons. The van der Waals surface area contributed by atoms with E-state index in [1.54, 1.807) is 0 Å². The number of nitrogens with one attached hydrogen (secondary N) is 1. The number of carboxylic acids is 1. The number of hydrogen-bond acceptors (Lipinski definition) is 3. The number of hydrogen-bond donors (Lipinski definition) is 2. The molecule has 0 unspecified atom stereocenters. The highest BCUT2D eigenvalue weighted by molar-refractivity contribution is 7.71. The molecule has 2 N–H and O–H groups in total. The van der Waals surface area contributed by atoms with E-state index < -0.39 is 22.9 Å². The van der Waals surface area contributed by atoms with Gasteiger partial charge in [0.2, 0.25) is 0 Å². The molecule has 0 saturated heterocycles. The molecule has 0 aliphatic rings. The number of aromatic nitrogens is 2. The minimum Gasteiger partial charge on any atom is -0.477 e. The molecular weight excluding hydrogens is 259 g/mol. The third kappa shape index (κ3) is 2.07. The van der Waals surface area contributed by atoms with E-state index in [0.717, 1.165) is 22.9 Å². The quantitative estimate of drug-likeness (QED) is 0.812. The maximum atomic E-state index is 12.8. The van der Waals surface area contributed by atoms with Crippen molar-refractivity contribution >= 4 is 18.2 Å². The lowest BCUT2D eigenvalue weighted by molar-refractivity contribution is 0.0694. The molecule has 1 aromatic carbocycles. The first-order valence-corrected chi connectivity index (χ1v) is 5.25. The largest absolute Gasteiger partial charge is 0.477 e. The summed E-state index contributed by atoms with van der Waals surface area (Å²) in [6.07, 6.45) is 1.03. The van der Waals surface area contributed by atoms with Crippen molar-refractivity contribution in [3.63, 3.8) is 0 Å². The molecule has 0 amide bonds. The lowest BCUT2D eigenvalue weighted by Crippen LogP contribution is -2.26. The van der Waals surface area contributed by atoms with Crippen LogP contribution < -0.4 is 5.56 Å². The zero-order valence-electron chi connectivity index (χ0n) is 8.88. The maximum absolute atomic E-state index is 12.8. The van der Waals surface area contributed by atoms with Gasteiger partial charge in [0.15, 0.2) is 4.77 Å². The Morgan fingerprint density at radius 2 is 1.94 bits per heavy atom. The van der Waals surface area contributed by atoms with Gasteiger partial charge in [-0.15, -0.1) is 0 Å². The van der Waals surface area contributed by atoms with E-state index in [1.165, 1.54) is 12.1 Å². The Hall–Kier alpha value is -2.28. The van der Waals surface area contributed by atoms with Gasteiger partial charge < -0.3 is 10.1 Å². The Morgan fingerprint density at radius 1 is 1.33 bits per heavy atom. The van der Waals surface area contributed by atoms with Crippen molar-refractivity contribution in [2.75, 3.05) is 0 Å². The topological polar surface area (TPSA) is 75.1 Å². The number of aromatic carboxylic acids is 1. The molecule has 0 aliphatic carbocycles. The summed E-state index contributed by atoms with van der Waals surface area (Å²) in [5.74, 6) is -1.82. The fourth-order valence-corrected chi connectivity index (χ4v) is 1.70. The number of halogens is 1. The number of carboxylic acid groups (broad SMARTS) is 1. The van der Waals surface area contributed by atoms with Crippen LogP contribution in [0.3, 0.4) is 0 Å². The molecule has 2 rings (SSSR count). The molecule has 0 atom stereocenters. The second kappa shape index (κ2) is 4.53. The molecule has 1 heterocycles. The number of nitrogens with zero attached hydrogens (tertiary/aromatic N) is 1. The Morgan fingerprint density at radius 3 is 2.50 bits per heavy atom. The summed E-state index contributed by atoms with van der Waals surface area (Å²) in [4.78, 5) is 25.3. The Bertz CT molecular complexity index is 718. The Balaban J connectivity index is 2.75. The molecule has 0 spiro atoms. The van der Waals surface area contributed by atoms with E-state index in [1.807, 2.05) is 0 Å². The molecule has 0 bridgehead atoms. The lowest BCUT2D eigenvalue weighted by Gasteiger charge is -2.06. The normalized spacial score (nSPS) is 10.3. The number of benzene rings is 1. The van der Waals surface area contributed by atoms with E-state index in [2.05, 4.69) is 4.98 Å². The van der Waals surface area contributed by atoms with E-state index >= 15 is 0 Å². The SMILES string of the molecule is O=C(O)c1c[nH]c(=S)n(-c2ccc(F)cc2)c1=O. The van der Waals surface area contributed by atoms with E-state index in [0.29, 0.717) is 5.69 Å². The van der Waals surface area contributed by atoms with Gasteiger partial charge in [-0.05, 0) is 36.5 Å². The van der Waals surface area contributed by atoms with Crippen LogP contribution in [0.5, 0.6) is 0 Å². The van der Waals surface area contributed by atoms with Crippen LogP contribution in [0.2, 0.25) is 0 Å². The standard InChI is InChI=1S/C11H7FN2O3S/c12-6-1-3-7(4-2-6)14-9(15)8(10(16)17)5-13-11(14)18/h1-5H,(H,13,18)(H,16,17). The fourth-order valence-electron chi connectivity index (χ4n) is 1.45. The van der Waals surface area contributed by atoms with Crippen LogP contribution in [0.1, 0.15) is 10.4 Å². The summed E-state index contributed by atoms with van der Waals surface area (Å²) in [6, 6.07) is 4.99. The van der Waals surface area contributed by atoms with E-state index in [-0.39, 0.29) is 4.77 Å². The number of rotatable bonds is 2. The minimum atomic E-state index is -1.36. The predicted octanol–water partition coefficient (Wildman–Crippen LogP) is 1.73. The van der Waals surface area contributed by atoms with Crippen molar-refractivity contribution in [2.24, 2.45) is 0 Å². The van der Waals surface area contributed by atoms with Gasteiger partial charge in [0.1, 0.15) is 11.4 Å². The van der Waals surface area contributed by atoms with Crippen LogP contribution in [0.25, 0.3) is 5.69 Å². The van der Waals surface area contributed by atoms with Crippen LogP contribution in [0.4, 0.5) is 4.39 Å². The number of H-pyrrole nitrogens is 1. The summed E-state index contributed by atoms with van der Waals surface area (Å²) in [5.41, 5.74) is -0.906. The first-order valence-electron chi connectivity index (χ1n) is 4.84. The summed E-state index contributed by atoms with van der Waals surface area (Å²) in [6.45, 7) is 0. The van der Waals surface area contributed by atoms with Gasteiger partial charge in [0, 0.05) is 6.20 Å². The third-order valence-corrected chi connectivity index (χ3v) is 2.59. The monoisotopic (exact) mass is 266 g/mol. The highest BCUT2D eigenvalue weighted by atomic mass is 32.1. The zero-order valence-corrected chi connectivity index (χ0v) is 9.70. The Labute approximate surface area is 105 Å². The highest BCUT2D eigenvalue weighted by Gasteiger charge is 2.13. The molecule has 18 heavy (non-hydrogen) atoms. The first-order chi connectivity index (χ1) is 8.50. The lowest BCUT2D eigenvalue weighted by atomic mass is 10.3. The van der Waals surface area contributed by atoms with Crippen LogP contribution >= 0.6 is 12.2 Å². The second-order valence-electron chi connectivity index (χ2n) is 3.43. The summed E-state index contributed by atoms with van der Waals surface area (Å²) >= 11 is 4.92. The van der Waals surface area contributed by atoms with Gasteiger partial charge in [0.25, 0.3) is 5.56 Å². The third-order valence-electron chi connectivity index (χ3n) is 2.29. The molecule has 0 radical (unpaired) electrons. The summed E-state index contributed by atoms with van der Waals surface area (Å²) in [5, 5.41) is 8.84. The highest BCUT2D eigenvalue weighted by Crippen LogP contribution is 2.07. The van der Waals surface area contributed by atoms with Gasteiger partial charge in [-0.25, -0.2) is 9.18 Å². The molecule has 5 nitrogen and oxygen atoms in total. The molecule has 0 fully saturated rings. The maximum Gasteiger partial charge on any atom is 0.342 e. The molecule has 0 saturated carbocycles. The number of carbonyl (C=O) groups is 1. The van der Waals surface area contributed by atoms with Gasteiger partial charge in [0.05, 0.1) is 5.69 Å².